The molecule has 0 aliphatic rings. The number of hydrogen-bond donors (Lipinski definition) is 2. The van der Waals surface area contributed by atoms with Crippen molar-refractivity contribution in [1.29, 1.82) is 0 Å². The number of rotatable bonds is 3. The second-order valence-corrected chi connectivity index (χ2v) is 5.10. The molecule has 3 aromatic rings. The first-order valence-corrected chi connectivity index (χ1v) is 7.01. The van der Waals surface area contributed by atoms with Crippen LogP contribution in [0.2, 0.25) is 5.02 Å². The fourth-order valence-electron chi connectivity index (χ4n) is 1.98. The minimum absolute atomic E-state index is 0.0675. The molecule has 2 heterocycles. The second-order valence-electron chi connectivity index (χ2n) is 4.72. The molecule has 0 radical (unpaired) electrons. The molecule has 0 atom stereocenters. The maximum Gasteiger partial charge on any atom is 0.345 e. The van der Waals surface area contributed by atoms with Gasteiger partial charge in [-0.05, 0) is 19.1 Å². The second kappa shape index (κ2) is 6.05. The molecular weight excluding hydrogens is 320 g/mol. The minimum atomic E-state index is -0.533. The van der Waals surface area contributed by atoms with Crippen LogP contribution in [0.4, 0.5) is 5.69 Å². The summed E-state index contributed by atoms with van der Waals surface area (Å²) in [6, 6.07) is 8.88. The molecule has 0 aliphatic carbocycles. The molecule has 0 amide bonds. The van der Waals surface area contributed by atoms with E-state index >= 15 is 0 Å². The highest BCUT2D eigenvalue weighted by atomic mass is 35.5. The summed E-state index contributed by atoms with van der Waals surface area (Å²) >= 11 is 5.84. The molecular formula is C15H11ClN4O3. The number of H-pyrrole nitrogens is 1. The lowest BCUT2D eigenvalue weighted by molar-refractivity contribution is 0.559. The first-order chi connectivity index (χ1) is 11.1. The number of aromatic nitrogens is 2. The third-order valence-corrected chi connectivity index (χ3v) is 3.55. The molecule has 7 nitrogen and oxygen atoms in total. The number of halogens is 1. The molecule has 2 N–H and O–H groups in total. The lowest BCUT2D eigenvalue weighted by Crippen LogP contribution is -2.14. The Morgan fingerprint density at radius 2 is 2.13 bits per heavy atom. The monoisotopic (exact) mass is 330 g/mol. The van der Waals surface area contributed by atoms with Crippen LogP contribution in [0.5, 0.6) is 0 Å². The van der Waals surface area contributed by atoms with Crippen LogP contribution in [0.15, 0.2) is 55.6 Å². The molecule has 2 aromatic heterocycles. The Morgan fingerprint density at radius 1 is 1.35 bits per heavy atom. The number of hydrazone groups is 1. The summed E-state index contributed by atoms with van der Waals surface area (Å²) in [6.45, 7) is 1.64. The number of benzene rings is 1. The van der Waals surface area contributed by atoms with Crippen LogP contribution in [0.25, 0.3) is 11.0 Å². The van der Waals surface area contributed by atoms with E-state index in [1.165, 1.54) is 6.20 Å². The highest BCUT2D eigenvalue weighted by molar-refractivity contribution is 6.32. The van der Waals surface area contributed by atoms with Crippen LogP contribution in [0.3, 0.4) is 0 Å². The van der Waals surface area contributed by atoms with Crippen molar-refractivity contribution >= 4 is 34.0 Å². The molecule has 23 heavy (non-hydrogen) atoms. The van der Waals surface area contributed by atoms with E-state index in [0.29, 0.717) is 16.9 Å². The normalized spacial score (nSPS) is 11.7. The quantitative estimate of drug-likeness (QED) is 0.436. The Kier molecular flexibility index (Phi) is 3.94. The average Bonchev–Trinajstić information content (AvgIpc) is 2.55. The van der Waals surface area contributed by atoms with E-state index in [9.17, 15) is 9.59 Å². The molecule has 116 valence electrons. The number of anilines is 1. The SMILES string of the molecule is C/C(=N/Nc1cn[nH]c(=O)c1Cl)c1cc2ccccc2oc1=O. The number of hydrogen-bond acceptors (Lipinski definition) is 6. The predicted octanol–water partition coefficient (Wildman–Crippen LogP) is 2.37. The highest BCUT2D eigenvalue weighted by Crippen LogP contribution is 2.15. The van der Waals surface area contributed by atoms with Gasteiger partial charge in [-0.1, -0.05) is 29.8 Å². The highest BCUT2D eigenvalue weighted by Gasteiger charge is 2.09. The summed E-state index contributed by atoms with van der Waals surface area (Å²) in [4.78, 5) is 23.4. The standard InChI is InChI=1S/C15H11ClN4O3/c1-8(18-19-11-7-17-20-14(21)13(11)16)10-6-9-4-2-3-5-12(9)23-15(10)22/h2-7H,1H3,(H2,19,20,21)/b18-8-. The first kappa shape index (κ1) is 15.0. The zero-order valence-corrected chi connectivity index (χ0v) is 12.7. The third kappa shape index (κ3) is 3.00. The largest absolute Gasteiger partial charge is 0.422 e. The number of nitrogens with zero attached hydrogens (tertiary/aromatic N) is 2. The predicted molar refractivity (Wildman–Crippen MR) is 88.2 cm³/mol. The topological polar surface area (TPSA) is 100 Å². The van der Waals surface area contributed by atoms with Crippen molar-refractivity contribution < 1.29 is 4.42 Å². The van der Waals surface area contributed by atoms with E-state index in [1.807, 2.05) is 12.1 Å². The summed E-state index contributed by atoms with van der Waals surface area (Å²) in [7, 11) is 0. The summed E-state index contributed by atoms with van der Waals surface area (Å²) in [5.41, 5.74) is 3.03. The Labute approximate surface area is 134 Å². The Morgan fingerprint density at radius 3 is 2.96 bits per heavy atom. The van der Waals surface area contributed by atoms with E-state index in [1.54, 1.807) is 25.1 Å². The van der Waals surface area contributed by atoms with Crippen molar-refractivity contribution in [3.63, 3.8) is 0 Å². The fraction of sp³-hybridized carbons (Fsp3) is 0.0667. The number of nitrogens with one attached hydrogen (secondary N) is 2. The van der Waals surface area contributed by atoms with Crippen molar-refractivity contribution in [2.24, 2.45) is 5.10 Å². The van der Waals surface area contributed by atoms with Gasteiger partial charge in [0.05, 0.1) is 17.5 Å². The van der Waals surface area contributed by atoms with E-state index in [-0.39, 0.29) is 10.7 Å². The van der Waals surface area contributed by atoms with Crippen LogP contribution in [0, 0.1) is 0 Å². The van der Waals surface area contributed by atoms with E-state index in [4.69, 9.17) is 16.0 Å². The van der Waals surface area contributed by atoms with Crippen molar-refractivity contribution in [2.45, 2.75) is 6.92 Å². The summed E-state index contributed by atoms with van der Waals surface area (Å²) in [5.74, 6) is 0. The molecule has 0 unspecified atom stereocenters. The van der Waals surface area contributed by atoms with Crippen LogP contribution in [-0.2, 0) is 0 Å². The lowest BCUT2D eigenvalue weighted by atomic mass is 10.1. The van der Waals surface area contributed by atoms with Crippen LogP contribution in [0.1, 0.15) is 12.5 Å². The molecule has 1 aromatic carbocycles. The maximum atomic E-state index is 12.0. The Hall–Kier alpha value is -2.93. The van der Waals surface area contributed by atoms with Crippen molar-refractivity contribution in [3.05, 3.63) is 67.9 Å². The summed E-state index contributed by atoms with van der Waals surface area (Å²) in [6.07, 6.45) is 1.32. The molecule has 0 spiro atoms. The van der Waals surface area contributed by atoms with Gasteiger partial charge in [0.25, 0.3) is 5.56 Å². The van der Waals surface area contributed by atoms with Gasteiger partial charge in [0.15, 0.2) is 0 Å². The van der Waals surface area contributed by atoms with E-state index in [0.717, 1.165) is 5.39 Å². The minimum Gasteiger partial charge on any atom is -0.422 e. The van der Waals surface area contributed by atoms with Crippen molar-refractivity contribution in [3.8, 4) is 0 Å². The zero-order valence-electron chi connectivity index (χ0n) is 12.0. The van der Waals surface area contributed by atoms with Gasteiger partial charge in [0.1, 0.15) is 16.3 Å². The molecule has 0 bridgehead atoms. The van der Waals surface area contributed by atoms with Crippen LogP contribution >= 0.6 is 11.6 Å². The molecule has 0 saturated carbocycles. The van der Waals surface area contributed by atoms with Gasteiger partial charge in [0, 0.05) is 5.39 Å². The fourth-order valence-corrected chi connectivity index (χ4v) is 2.11. The van der Waals surface area contributed by atoms with Crippen molar-refractivity contribution in [2.75, 3.05) is 5.43 Å². The van der Waals surface area contributed by atoms with Crippen LogP contribution in [-0.4, -0.2) is 15.9 Å². The number of fused-ring (bicyclic) bond motifs is 1. The molecule has 8 heteroatoms. The van der Waals surface area contributed by atoms with Gasteiger partial charge < -0.3 is 4.42 Å². The van der Waals surface area contributed by atoms with Gasteiger partial charge in [-0.25, -0.2) is 9.89 Å². The Balaban J connectivity index is 1.98. The molecule has 0 fully saturated rings. The van der Waals surface area contributed by atoms with Gasteiger partial charge in [-0.15, -0.1) is 0 Å². The molecule has 3 rings (SSSR count). The van der Waals surface area contributed by atoms with Crippen molar-refractivity contribution in [1.82, 2.24) is 10.2 Å². The lowest BCUT2D eigenvalue weighted by Gasteiger charge is -2.04. The summed E-state index contributed by atoms with van der Waals surface area (Å²) < 4.78 is 5.25. The average molecular weight is 331 g/mol. The zero-order chi connectivity index (χ0) is 16.4. The molecule has 0 saturated heterocycles. The number of para-hydroxylation sites is 1. The van der Waals surface area contributed by atoms with Gasteiger partial charge in [-0.2, -0.15) is 10.2 Å². The summed E-state index contributed by atoms with van der Waals surface area (Å²) in [5, 5.41) is 10.6. The van der Waals surface area contributed by atoms with Gasteiger partial charge in [0.2, 0.25) is 0 Å². The number of aromatic amines is 1. The third-order valence-electron chi connectivity index (χ3n) is 3.17. The first-order valence-electron chi connectivity index (χ1n) is 6.63. The van der Waals surface area contributed by atoms with E-state index in [2.05, 4.69) is 20.7 Å². The van der Waals surface area contributed by atoms with Crippen LogP contribution < -0.4 is 16.6 Å². The molecule has 0 aliphatic heterocycles. The van der Waals surface area contributed by atoms with Gasteiger partial charge in [-0.3, -0.25) is 10.2 Å². The van der Waals surface area contributed by atoms with Gasteiger partial charge >= 0.3 is 5.63 Å². The maximum absolute atomic E-state index is 12.0. The Bertz CT molecular complexity index is 1020. The van der Waals surface area contributed by atoms with E-state index < -0.39 is 11.2 Å². The smallest absolute Gasteiger partial charge is 0.345 e.